The number of carbonyl (C=O) groups excluding carboxylic acids is 1. The van der Waals surface area contributed by atoms with E-state index in [9.17, 15) is 13.2 Å². The van der Waals surface area contributed by atoms with Gasteiger partial charge in [-0.3, -0.25) is 0 Å². The Morgan fingerprint density at radius 1 is 1.44 bits per heavy atom. The largest absolute Gasteiger partial charge is 0.459 e. The van der Waals surface area contributed by atoms with Crippen LogP contribution in [0.4, 0.5) is 0 Å². The van der Waals surface area contributed by atoms with Crippen LogP contribution in [0.1, 0.15) is 24.2 Å². The Labute approximate surface area is 93.6 Å². The van der Waals surface area contributed by atoms with Crippen molar-refractivity contribution in [1.82, 2.24) is 9.97 Å². The number of aromatic nitrogens is 2. The molecule has 1 rings (SSSR count). The summed E-state index contributed by atoms with van der Waals surface area (Å²) in [5.41, 5.74) is -0.140. The van der Waals surface area contributed by atoms with Crippen LogP contribution in [0.2, 0.25) is 0 Å². The molecule has 0 aliphatic carbocycles. The predicted octanol–water partition coefficient (Wildman–Crippen LogP) is 0.445. The monoisotopic (exact) mass is 244 g/mol. The van der Waals surface area contributed by atoms with Crippen LogP contribution >= 0.6 is 0 Å². The molecular weight excluding hydrogens is 232 g/mol. The Bertz CT molecular complexity index is 496. The molecule has 0 aliphatic heterocycles. The molecule has 0 N–H and O–H groups in total. The van der Waals surface area contributed by atoms with Gasteiger partial charge in [0, 0.05) is 12.5 Å². The van der Waals surface area contributed by atoms with Crippen LogP contribution in [-0.2, 0) is 14.6 Å². The van der Waals surface area contributed by atoms with Crippen LogP contribution in [0.15, 0.2) is 17.6 Å². The predicted molar refractivity (Wildman–Crippen MR) is 55.7 cm³/mol. The van der Waals surface area contributed by atoms with Gasteiger partial charge in [-0.05, 0) is 13.8 Å². The lowest BCUT2D eigenvalue weighted by Crippen LogP contribution is -2.16. The Morgan fingerprint density at radius 3 is 2.56 bits per heavy atom. The second kappa shape index (κ2) is 4.56. The third-order valence-corrected chi connectivity index (χ3v) is 2.62. The van der Waals surface area contributed by atoms with Gasteiger partial charge in [0.05, 0.1) is 6.10 Å². The second-order valence-electron chi connectivity index (χ2n) is 3.47. The summed E-state index contributed by atoms with van der Waals surface area (Å²) in [6.07, 6.45) is 2.85. The maximum atomic E-state index is 11.6. The first-order valence-corrected chi connectivity index (χ1v) is 6.42. The normalized spacial score (nSPS) is 11.5. The van der Waals surface area contributed by atoms with Crippen molar-refractivity contribution in [2.45, 2.75) is 25.0 Å². The Morgan fingerprint density at radius 2 is 2.06 bits per heavy atom. The van der Waals surface area contributed by atoms with Gasteiger partial charge in [-0.15, -0.1) is 0 Å². The third kappa shape index (κ3) is 2.99. The fraction of sp³-hybridized carbons (Fsp3) is 0.444. The molecular formula is C9H12N2O4S. The first kappa shape index (κ1) is 12.6. The molecule has 0 aliphatic rings. The lowest BCUT2D eigenvalue weighted by Gasteiger charge is -2.09. The topological polar surface area (TPSA) is 86.2 Å². The summed E-state index contributed by atoms with van der Waals surface area (Å²) in [7, 11) is -3.57. The Hall–Kier alpha value is -1.50. The van der Waals surface area contributed by atoms with Gasteiger partial charge in [0.15, 0.2) is 14.9 Å². The summed E-state index contributed by atoms with van der Waals surface area (Å²) < 4.78 is 27.6. The average molecular weight is 244 g/mol. The molecule has 0 bridgehead atoms. The SMILES string of the molecule is CC(C)OC(=O)c1cncnc1S(C)(=O)=O. The van der Waals surface area contributed by atoms with Crippen molar-refractivity contribution >= 4 is 15.8 Å². The van der Waals surface area contributed by atoms with E-state index >= 15 is 0 Å². The second-order valence-corrected chi connectivity index (χ2v) is 5.40. The molecule has 0 fully saturated rings. The quantitative estimate of drug-likeness (QED) is 0.566. The Balaban J connectivity index is 3.19. The van der Waals surface area contributed by atoms with Gasteiger partial charge in [0.1, 0.15) is 11.9 Å². The van der Waals surface area contributed by atoms with Crippen molar-refractivity contribution in [1.29, 1.82) is 0 Å². The number of nitrogens with zero attached hydrogens (tertiary/aromatic N) is 2. The third-order valence-electron chi connectivity index (χ3n) is 1.59. The van der Waals surface area contributed by atoms with E-state index < -0.39 is 15.8 Å². The highest BCUT2D eigenvalue weighted by Crippen LogP contribution is 2.12. The van der Waals surface area contributed by atoms with Crippen molar-refractivity contribution in [2.24, 2.45) is 0 Å². The summed E-state index contributed by atoms with van der Waals surface area (Å²) >= 11 is 0. The molecule has 0 atom stereocenters. The van der Waals surface area contributed by atoms with Gasteiger partial charge in [-0.2, -0.15) is 0 Å². The van der Waals surface area contributed by atoms with Crippen LogP contribution in [0, 0.1) is 0 Å². The summed E-state index contributed by atoms with van der Waals surface area (Å²) in [6.45, 7) is 3.34. The van der Waals surface area contributed by atoms with Crippen LogP contribution in [0.5, 0.6) is 0 Å². The van der Waals surface area contributed by atoms with Crippen LogP contribution in [-0.4, -0.2) is 36.7 Å². The highest BCUT2D eigenvalue weighted by Gasteiger charge is 2.22. The van der Waals surface area contributed by atoms with Crippen molar-refractivity contribution in [3.8, 4) is 0 Å². The molecule has 0 amide bonds. The molecule has 0 radical (unpaired) electrons. The minimum absolute atomic E-state index is 0.140. The summed E-state index contributed by atoms with van der Waals surface area (Å²) in [6, 6.07) is 0. The zero-order valence-electron chi connectivity index (χ0n) is 9.17. The number of esters is 1. The number of ether oxygens (including phenoxy) is 1. The smallest absolute Gasteiger partial charge is 0.342 e. The van der Waals surface area contributed by atoms with Crippen molar-refractivity contribution < 1.29 is 17.9 Å². The summed E-state index contributed by atoms with van der Waals surface area (Å²) in [4.78, 5) is 18.7. The zero-order chi connectivity index (χ0) is 12.3. The number of hydrogen-bond donors (Lipinski definition) is 0. The first-order chi connectivity index (χ1) is 7.32. The van der Waals surface area contributed by atoms with E-state index in [2.05, 4.69) is 9.97 Å². The van der Waals surface area contributed by atoms with Gasteiger partial charge in [0.2, 0.25) is 0 Å². The van der Waals surface area contributed by atoms with Gasteiger partial charge < -0.3 is 4.74 Å². The number of carbonyl (C=O) groups is 1. The molecule has 0 spiro atoms. The average Bonchev–Trinajstić information content (AvgIpc) is 2.15. The number of sulfone groups is 1. The molecule has 88 valence electrons. The lowest BCUT2D eigenvalue weighted by atomic mass is 10.3. The van der Waals surface area contributed by atoms with E-state index in [-0.39, 0.29) is 16.7 Å². The van der Waals surface area contributed by atoms with Crippen molar-refractivity contribution in [3.63, 3.8) is 0 Å². The fourth-order valence-electron chi connectivity index (χ4n) is 1.03. The van der Waals surface area contributed by atoms with Crippen LogP contribution in [0.25, 0.3) is 0 Å². The number of rotatable bonds is 3. The molecule has 7 heteroatoms. The molecule has 0 saturated carbocycles. The summed E-state index contributed by atoms with van der Waals surface area (Å²) in [5.74, 6) is -0.740. The van der Waals surface area contributed by atoms with E-state index in [0.717, 1.165) is 18.8 Å². The fourth-order valence-corrected chi connectivity index (χ4v) is 1.81. The highest BCUT2D eigenvalue weighted by molar-refractivity contribution is 7.90. The lowest BCUT2D eigenvalue weighted by molar-refractivity contribution is 0.0371. The molecule has 16 heavy (non-hydrogen) atoms. The van der Waals surface area contributed by atoms with E-state index in [1.807, 2.05) is 0 Å². The molecule has 1 aromatic heterocycles. The van der Waals surface area contributed by atoms with E-state index in [0.29, 0.717) is 0 Å². The minimum atomic E-state index is -3.57. The molecule has 6 nitrogen and oxygen atoms in total. The van der Waals surface area contributed by atoms with Gasteiger partial charge in [-0.25, -0.2) is 23.2 Å². The Kier molecular flexibility index (Phi) is 3.58. The molecule has 1 heterocycles. The van der Waals surface area contributed by atoms with E-state index in [1.165, 1.54) is 0 Å². The minimum Gasteiger partial charge on any atom is -0.459 e. The maximum absolute atomic E-state index is 11.6. The van der Waals surface area contributed by atoms with Gasteiger partial charge in [0.25, 0.3) is 0 Å². The van der Waals surface area contributed by atoms with Gasteiger partial charge >= 0.3 is 5.97 Å². The summed E-state index contributed by atoms with van der Waals surface area (Å²) in [5, 5.41) is -0.312. The zero-order valence-corrected chi connectivity index (χ0v) is 9.98. The van der Waals surface area contributed by atoms with Gasteiger partial charge in [-0.1, -0.05) is 0 Å². The number of hydrogen-bond acceptors (Lipinski definition) is 6. The maximum Gasteiger partial charge on any atom is 0.342 e. The molecule has 0 saturated heterocycles. The van der Waals surface area contributed by atoms with E-state index in [1.54, 1.807) is 13.8 Å². The molecule has 0 aromatic carbocycles. The van der Waals surface area contributed by atoms with Crippen LogP contribution < -0.4 is 0 Å². The molecule has 0 unspecified atom stereocenters. The van der Waals surface area contributed by atoms with Crippen molar-refractivity contribution in [2.75, 3.05) is 6.26 Å². The standard InChI is InChI=1S/C9H12N2O4S/c1-6(2)15-9(12)7-4-10-5-11-8(7)16(3,13)14/h4-6H,1-3H3. The molecule has 1 aromatic rings. The van der Waals surface area contributed by atoms with Crippen LogP contribution in [0.3, 0.4) is 0 Å². The highest BCUT2D eigenvalue weighted by atomic mass is 32.2. The first-order valence-electron chi connectivity index (χ1n) is 4.53. The van der Waals surface area contributed by atoms with Crippen molar-refractivity contribution in [3.05, 3.63) is 18.1 Å². The van der Waals surface area contributed by atoms with E-state index in [4.69, 9.17) is 4.74 Å².